The highest BCUT2D eigenvalue weighted by Gasteiger charge is 2.20. The van der Waals surface area contributed by atoms with E-state index in [9.17, 15) is 15.2 Å². The maximum Gasteiger partial charge on any atom is 0.311 e. The summed E-state index contributed by atoms with van der Waals surface area (Å²) in [5.74, 6) is 5.68. The van der Waals surface area contributed by atoms with E-state index in [-0.39, 0.29) is 18.1 Å². The lowest BCUT2D eigenvalue weighted by atomic mass is 10.3. The Kier molecular flexibility index (Phi) is 4.18. The fourth-order valence-electron chi connectivity index (χ4n) is 1.43. The Hall–Kier alpha value is -1.93. The standard InChI is InChI=1S/C9H15N5O3/c1-6(15)5-13(2)9-7(14(16)17)3-4-8(11-9)12-10/h3-4,6,15H,5,10H2,1-2H3,(H,11,12). The Morgan fingerprint density at radius 1 is 1.71 bits per heavy atom. The first-order chi connectivity index (χ1) is 7.95. The summed E-state index contributed by atoms with van der Waals surface area (Å²) in [4.78, 5) is 15.8. The molecule has 0 fully saturated rings. The van der Waals surface area contributed by atoms with Gasteiger partial charge in [-0.15, -0.1) is 0 Å². The molecule has 1 unspecified atom stereocenters. The van der Waals surface area contributed by atoms with Crippen molar-refractivity contribution in [2.45, 2.75) is 13.0 Å². The van der Waals surface area contributed by atoms with E-state index in [2.05, 4.69) is 10.4 Å². The van der Waals surface area contributed by atoms with Gasteiger partial charge in [0.25, 0.3) is 0 Å². The van der Waals surface area contributed by atoms with Crippen molar-refractivity contribution < 1.29 is 10.0 Å². The molecule has 1 aromatic rings. The Morgan fingerprint density at radius 2 is 2.35 bits per heavy atom. The van der Waals surface area contributed by atoms with Crippen LogP contribution in [-0.2, 0) is 0 Å². The van der Waals surface area contributed by atoms with Crippen LogP contribution >= 0.6 is 0 Å². The fraction of sp³-hybridized carbons (Fsp3) is 0.444. The summed E-state index contributed by atoms with van der Waals surface area (Å²) in [6.07, 6.45) is -0.615. The molecule has 1 atom stereocenters. The minimum atomic E-state index is -0.615. The second kappa shape index (κ2) is 5.41. The second-order valence-corrected chi connectivity index (χ2v) is 3.67. The van der Waals surface area contributed by atoms with Crippen LogP contribution in [0.2, 0.25) is 0 Å². The van der Waals surface area contributed by atoms with Crippen molar-refractivity contribution >= 4 is 17.3 Å². The number of nitro groups is 1. The monoisotopic (exact) mass is 241 g/mol. The van der Waals surface area contributed by atoms with Gasteiger partial charge in [-0.1, -0.05) is 0 Å². The van der Waals surface area contributed by atoms with Gasteiger partial charge < -0.3 is 15.4 Å². The normalized spacial score (nSPS) is 12.0. The Balaban J connectivity index is 3.12. The lowest BCUT2D eigenvalue weighted by molar-refractivity contribution is -0.384. The molecule has 4 N–H and O–H groups in total. The molecular formula is C9H15N5O3. The zero-order valence-corrected chi connectivity index (χ0v) is 9.62. The van der Waals surface area contributed by atoms with Gasteiger partial charge in [0.1, 0.15) is 5.82 Å². The third-order valence-electron chi connectivity index (χ3n) is 2.10. The summed E-state index contributed by atoms with van der Waals surface area (Å²) in [6.45, 7) is 1.83. The molecule has 0 aromatic carbocycles. The van der Waals surface area contributed by atoms with Gasteiger partial charge in [0, 0.05) is 19.7 Å². The summed E-state index contributed by atoms with van der Waals surface area (Å²) >= 11 is 0. The highest BCUT2D eigenvalue weighted by Crippen LogP contribution is 2.26. The number of hydrogen-bond donors (Lipinski definition) is 3. The molecule has 0 saturated carbocycles. The zero-order chi connectivity index (χ0) is 13.0. The number of hydrazine groups is 1. The molecule has 94 valence electrons. The van der Waals surface area contributed by atoms with Crippen molar-refractivity contribution in [1.82, 2.24) is 4.98 Å². The first kappa shape index (κ1) is 13.1. The lowest BCUT2D eigenvalue weighted by Gasteiger charge is -2.19. The molecule has 17 heavy (non-hydrogen) atoms. The summed E-state index contributed by atoms with van der Waals surface area (Å²) in [6, 6.07) is 2.73. The number of nitrogens with zero attached hydrogens (tertiary/aromatic N) is 3. The molecule has 0 aliphatic heterocycles. The molecule has 1 rings (SSSR count). The summed E-state index contributed by atoms with van der Waals surface area (Å²) < 4.78 is 0. The summed E-state index contributed by atoms with van der Waals surface area (Å²) in [5, 5.41) is 20.1. The SMILES string of the molecule is CC(O)CN(C)c1nc(NN)ccc1[N+](=O)[O-]. The predicted molar refractivity (Wildman–Crippen MR) is 63.7 cm³/mol. The first-order valence-electron chi connectivity index (χ1n) is 4.97. The van der Waals surface area contributed by atoms with Gasteiger partial charge in [0.05, 0.1) is 11.0 Å². The number of nitrogens with one attached hydrogen (secondary N) is 1. The third kappa shape index (κ3) is 3.26. The molecule has 1 aromatic heterocycles. The molecule has 8 heteroatoms. The van der Waals surface area contributed by atoms with Gasteiger partial charge in [-0.2, -0.15) is 0 Å². The van der Waals surface area contributed by atoms with Crippen LogP contribution in [0.15, 0.2) is 12.1 Å². The molecule has 8 nitrogen and oxygen atoms in total. The van der Waals surface area contributed by atoms with E-state index in [0.717, 1.165) is 0 Å². The molecule has 0 spiro atoms. The predicted octanol–water partition coefficient (Wildman–Crippen LogP) is 0.0924. The van der Waals surface area contributed by atoms with Crippen LogP contribution in [0.3, 0.4) is 0 Å². The average Bonchev–Trinajstić information content (AvgIpc) is 2.27. The smallest absolute Gasteiger partial charge is 0.311 e. The summed E-state index contributed by atoms with van der Waals surface area (Å²) in [5.41, 5.74) is 2.19. The van der Waals surface area contributed by atoms with Crippen molar-refractivity contribution in [3.8, 4) is 0 Å². The van der Waals surface area contributed by atoms with Crippen LogP contribution in [0.4, 0.5) is 17.3 Å². The van der Waals surface area contributed by atoms with Gasteiger partial charge in [-0.05, 0) is 13.0 Å². The van der Waals surface area contributed by atoms with Gasteiger partial charge in [-0.3, -0.25) is 10.1 Å². The topological polar surface area (TPSA) is 118 Å². The molecule has 0 aliphatic rings. The highest BCUT2D eigenvalue weighted by molar-refractivity contribution is 5.61. The van der Waals surface area contributed by atoms with Crippen molar-refractivity contribution in [2.24, 2.45) is 5.84 Å². The first-order valence-corrected chi connectivity index (χ1v) is 4.97. The number of aliphatic hydroxyl groups is 1. The van der Waals surface area contributed by atoms with Gasteiger partial charge >= 0.3 is 5.69 Å². The number of likely N-dealkylation sites (N-methyl/N-ethyl adjacent to an activating group) is 1. The number of rotatable bonds is 5. The number of nitrogen functional groups attached to an aromatic ring is 1. The van der Waals surface area contributed by atoms with Gasteiger partial charge in [0.2, 0.25) is 5.82 Å². The lowest BCUT2D eigenvalue weighted by Crippen LogP contribution is -2.28. The van der Waals surface area contributed by atoms with Crippen molar-refractivity contribution in [3.63, 3.8) is 0 Å². The largest absolute Gasteiger partial charge is 0.392 e. The molecule has 1 heterocycles. The third-order valence-corrected chi connectivity index (χ3v) is 2.10. The molecular weight excluding hydrogens is 226 g/mol. The number of pyridine rings is 1. The number of aliphatic hydroxyl groups excluding tert-OH is 1. The van der Waals surface area contributed by atoms with Crippen molar-refractivity contribution in [2.75, 3.05) is 23.9 Å². The highest BCUT2D eigenvalue weighted by atomic mass is 16.6. The second-order valence-electron chi connectivity index (χ2n) is 3.67. The molecule has 0 radical (unpaired) electrons. The van der Waals surface area contributed by atoms with Crippen LogP contribution in [-0.4, -0.2) is 34.7 Å². The quantitative estimate of drug-likeness (QED) is 0.380. The molecule has 0 saturated heterocycles. The van der Waals surface area contributed by atoms with Crippen LogP contribution in [0.1, 0.15) is 6.92 Å². The Labute approximate surface area is 98.2 Å². The van der Waals surface area contributed by atoms with E-state index < -0.39 is 11.0 Å². The molecule has 0 aliphatic carbocycles. The fourth-order valence-corrected chi connectivity index (χ4v) is 1.43. The average molecular weight is 241 g/mol. The van der Waals surface area contributed by atoms with Crippen LogP contribution in [0.25, 0.3) is 0 Å². The number of anilines is 2. The Morgan fingerprint density at radius 3 is 2.82 bits per heavy atom. The summed E-state index contributed by atoms with van der Waals surface area (Å²) in [7, 11) is 1.61. The van der Waals surface area contributed by atoms with Crippen LogP contribution in [0.5, 0.6) is 0 Å². The van der Waals surface area contributed by atoms with E-state index in [1.807, 2.05) is 0 Å². The van der Waals surface area contributed by atoms with Gasteiger partial charge in [0.15, 0.2) is 0 Å². The minimum absolute atomic E-state index is 0.132. The maximum absolute atomic E-state index is 10.8. The van der Waals surface area contributed by atoms with Crippen molar-refractivity contribution in [1.29, 1.82) is 0 Å². The van der Waals surface area contributed by atoms with E-state index in [1.54, 1.807) is 14.0 Å². The van der Waals surface area contributed by atoms with Gasteiger partial charge in [-0.25, -0.2) is 10.8 Å². The van der Waals surface area contributed by atoms with Crippen LogP contribution in [0, 0.1) is 10.1 Å². The Bertz CT molecular complexity index is 410. The van der Waals surface area contributed by atoms with Crippen LogP contribution < -0.4 is 16.2 Å². The maximum atomic E-state index is 10.8. The minimum Gasteiger partial charge on any atom is -0.392 e. The van der Waals surface area contributed by atoms with E-state index in [4.69, 9.17) is 5.84 Å². The van der Waals surface area contributed by atoms with Crippen molar-refractivity contribution in [3.05, 3.63) is 22.2 Å². The number of hydrogen-bond acceptors (Lipinski definition) is 7. The molecule has 0 bridgehead atoms. The number of nitrogens with two attached hydrogens (primary N) is 1. The molecule has 0 amide bonds. The zero-order valence-electron chi connectivity index (χ0n) is 9.62. The van der Waals surface area contributed by atoms with E-state index >= 15 is 0 Å². The number of aromatic nitrogens is 1. The van der Waals surface area contributed by atoms with E-state index in [1.165, 1.54) is 17.0 Å². The van der Waals surface area contributed by atoms with E-state index in [0.29, 0.717) is 5.82 Å².